The first kappa shape index (κ1) is 22.6. The number of fused-ring (bicyclic) bond motifs is 1. The van der Waals surface area contributed by atoms with Gasteiger partial charge in [-0.2, -0.15) is 0 Å². The van der Waals surface area contributed by atoms with Crippen LogP contribution in [0.25, 0.3) is 0 Å². The third kappa shape index (κ3) is 5.23. The van der Waals surface area contributed by atoms with Crippen molar-refractivity contribution in [1.29, 1.82) is 0 Å². The first-order valence-electron chi connectivity index (χ1n) is 10.5. The summed E-state index contributed by atoms with van der Waals surface area (Å²) in [5.74, 6) is -0.313. The number of aromatic nitrogens is 2. The molecule has 1 aliphatic heterocycles. The molecular formula is C23H26N4O3S2. The van der Waals surface area contributed by atoms with Crippen molar-refractivity contribution in [2.45, 2.75) is 31.6 Å². The number of hydrogen-bond donors (Lipinski definition) is 1. The summed E-state index contributed by atoms with van der Waals surface area (Å²) in [5, 5.41) is 4.31. The van der Waals surface area contributed by atoms with Gasteiger partial charge in [-0.3, -0.25) is 9.69 Å². The van der Waals surface area contributed by atoms with Crippen molar-refractivity contribution >= 4 is 40.0 Å². The van der Waals surface area contributed by atoms with Crippen molar-refractivity contribution in [2.24, 2.45) is 7.05 Å². The fourth-order valence-corrected chi connectivity index (χ4v) is 5.75. The molecule has 1 aliphatic rings. The number of nitrogens with one attached hydrogen (secondary N) is 1. The molecule has 0 bridgehead atoms. The Balaban J connectivity index is 1.50. The quantitative estimate of drug-likeness (QED) is 0.397. The number of ether oxygens (including phenoxy) is 1. The molecule has 0 saturated carbocycles. The van der Waals surface area contributed by atoms with E-state index in [2.05, 4.69) is 27.3 Å². The van der Waals surface area contributed by atoms with Crippen molar-refractivity contribution in [3.63, 3.8) is 0 Å². The number of nitrogens with zero attached hydrogens (tertiary/aromatic N) is 3. The van der Waals surface area contributed by atoms with Gasteiger partial charge in [-0.1, -0.05) is 42.1 Å². The lowest BCUT2D eigenvalue weighted by molar-refractivity contribution is -0.113. The van der Waals surface area contributed by atoms with Gasteiger partial charge in [0.15, 0.2) is 5.16 Å². The number of anilines is 1. The lowest BCUT2D eigenvalue weighted by atomic mass is 10.0. The van der Waals surface area contributed by atoms with Crippen LogP contribution in [0.5, 0.6) is 0 Å². The maximum Gasteiger partial charge on any atom is 0.341 e. The van der Waals surface area contributed by atoms with Gasteiger partial charge < -0.3 is 14.6 Å². The van der Waals surface area contributed by atoms with Gasteiger partial charge in [0.2, 0.25) is 5.91 Å². The van der Waals surface area contributed by atoms with Gasteiger partial charge in [-0.25, -0.2) is 9.78 Å². The van der Waals surface area contributed by atoms with E-state index < -0.39 is 0 Å². The smallest absolute Gasteiger partial charge is 0.341 e. The largest absolute Gasteiger partial charge is 0.462 e. The summed E-state index contributed by atoms with van der Waals surface area (Å²) < 4.78 is 7.18. The van der Waals surface area contributed by atoms with E-state index in [1.165, 1.54) is 28.7 Å². The van der Waals surface area contributed by atoms with Crippen molar-refractivity contribution in [3.05, 3.63) is 64.3 Å². The van der Waals surface area contributed by atoms with E-state index in [0.717, 1.165) is 41.7 Å². The predicted octanol–water partition coefficient (Wildman–Crippen LogP) is 3.95. The third-order valence-electron chi connectivity index (χ3n) is 5.23. The lowest BCUT2D eigenvalue weighted by Crippen LogP contribution is -2.30. The Morgan fingerprint density at radius 1 is 1.28 bits per heavy atom. The van der Waals surface area contributed by atoms with Gasteiger partial charge >= 0.3 is 5.97 Å². The zero-order chi connectivity index (χ0) is 22.5. The Morgan fingerprint density at radius 3 is 2.81 bits per heavy atom. The Labute approximate surface area is 195 Å². The molecule has 0 spiro atoms. The number of imidazole rings is 1. The van der Waals surface area contributed by atoms with Gasteiger partial charge in [0.25, 0.3) is 0 Å². The first-order chi connectivity index (χ1) is 15.5. The number of carbonyl (C=O) groups is 2. The minimum atomic E-state index is -0.367. The molecule has 1 N–H and O–H groups in total. The predicted molar refractivity (Wildman–Crippen MR) is 127 cm³/mol. The molecule has 9 heteroatoms. The van der Waals surface area contributed by atoms with Gasteiger partial charge in [0.1, 0.15) is 5.00 Å². The molecule has 168 valence electrons. The third-order valence-corrected chi connectivity index (χ3v) is 7.42. The van der Waals surface area contributed by atoms with E-state index in [0.29, 0.717) is 17.2 Å². The maximum atomic E-state index is 12.7. The van der Waals surface area contributed by atoms with Gasteiger partial charge in [-0.05, 0) is 24.5 Å². The molecule has 0 aliphatic carbocycles. The summed E-state index contributed by atoms with van der Waals surface area (Å²) in [6, 6.07) is 10.4. The van der Waals surface area contributed by atoms with Crippen LogP contribution >= 0.6 is 23.1 Å². The van der Waals surface area contributed by atoms with Crippen molar-refractivity contribution in [2.75, 3.05) is 24.2 Å². The highest BCUT2D eigenvalue weighted by Crippen LogP contribution is 2.38. The second kappa shape index (κ2) is 10.3. The lowest BCUT2D eigenvalue weighted by Gasteiger charge is -2.27. The number of thioether (sulfide) groups is 1. The minimum absolute atomic E-state index is 0.164. The summed E-state index contributed by atoms with van der Waals surface area (Å²) in [7, 11) is 1.89. The van der Waals surface area contributed by atoms with Crippen molar-refractivity contribution < 1.29 is 14.3 Å². The number of thiophene rings is 1. The first-order valence-corrected chi connectivity index (χ1v) is 12.3. The molecule has 32 heavy (non-hydrogen) atoms. The topological polar surface area (TPSA) is 76.5 Å². The molecule has 0 saturated heterocycles. The average molecular weight is 471 g/mol. The molecule has 0 atom stereocenters. The van der Waals surface area contributed by atoms with Gasteiger partial charge in [-0.15, -0.1) is 11.3 Å². The van der Waals surface area contributed by atoms with Crippen LogP contribution in [0.3, 0.4) is 0 Å². The van der Waals surface area contributed by atoms with E-state index in [9.17, 15) is 9.59 Å². The Bertz CT molecular complexity index is 1090. The highest BCUT2D eigenvalue weighted by molar-refractivity contribution is 7.99. The van der Waals surface area contributed by atoms with Gasteiger partial charge in [0.05, 0.1) is 17.9 Å². The van der Waals surface area contributed by atoms with Crippen molar-refractivity contribution in [1.82, 2.24) is 14.5 Å². The molecule has 0 fully saturated rings. The molecule has 1 amide bonds. The zero-order valence-electron chi connectivity index (χ0n) is 18.2. The number of esters is 1. The zero-order valence-corrected chi connectivity index (χ0v) is 19.8. The number of rotatable bonds is 8. The maximum absolute atomic E-state index is 12.7. The molecule has 0 radical (unpaired) electrons. The second-order valence-electron chi connectivity index (χ2n) is 7.53. The summed E-state index contributed by atoms with van der Waals surface area (Å²) in [6.45, 7) is 4.55. The summed E-state index contributed by atoms with van der Waals surface area (Å²) in [4.78, 5) is 33.1. The van der Waals surface area contributed by atoms with Crippen molar-refractivity contribution in [3.8, 4) is 0 Å². The number of aryl methyl sites for hydroxylation is 1. The van der Waals surface area contributed by atoms with Crippen LogP contribution in [0.15, 0.2) is 47.9 Å². The molecule has 7 nitrogen and oxygen atoms in total. The number of benzene rings is 1. The molecule has 0 unspecified atom stereocenters. The van der Waals surface area contributed by atoms with E-state index >= 15 is 0 Å². The normalized spacial score (nSPS) is 13.6. The standard InChI is InChI=1S/C23H26N4O3S2/c1-3-30-22(29)20-17-9-11-27(13-16-7-5-4-6-8-16)14-18(17)32-21(20)25-19(28)15-31-23-24-10-12-26(23)2/h4-8,10,12H,3,9,11,13-15H2,1-2H3,(H,25,28). The minimum Gasteiger partial charge on any atom is -0.462 e. The molecular weight excluding hydrogens is 444 g/mol. The van der Waals surface area contributed by atoms with Crippen LogP contribution in [-0.4, -0.2) is 45.2 Å². The molecule has 3 aromatic rings. The van der Waals surface area contributed by atoms with Crippen LogP contribution in [0.4, 0.5) is 5.00 Å². The average Bonchev–Trinajstić information content (AvgIpc) is 3.35. The number of amides is 1. The number of carbonyl (C=O) groups excluding carboxylic acids is 2. The summed E-state index contributed by atoms with van der Waals surface area (Å²) in [6.07, 6.45) is 4.30. The monoisotopic (exact) mass is 470 g/mol. The van der Waals surface area contributed by atoms with E-state index in [1.807, 2.05) is 36.0 Å². The van der Waals surface area contributed by atoms with Crippen LogP contribution in [0.2, 0.25) is 0 Å². The van der Waals surface area contributed by atoms with E-state index in [-0.39, 0.29) is 17.6 Å². The van der Waals surface area contributed by atoms with Crippen LogP contribution < -0.4 is 5.32 Å². The van der Waals surface area contributed by atoms with Crippen LogP contribution in [0.1, 0.15) is 33.3 Å². The molecule has 1 aromatic carbocycles. The molecule has 2 aromatic heterocycles. The SMILES string of the molecule is CCOC(=O)c1c(NC(=O)CSc2nccn2C)sc2c1CCN(Cc1ccccc1)C2. The Hall–Kier alpha value is -2.62. The fraction of sp³-hybridized carbons (Fsp3) is 0.348. The van der Waals surface area contributed by atoms with Crippen LogP contribution in [-0.2, 0) is 36.1 Å². The van der Waals surface area contributed by atoms with Gasteiger partial charge in [0, 0.05) is 44.0 Å². The molecule has 4 rings (SSSR count). The highest BCUT2D eigenvalue weighted by atomic mass is 32.2. The van der Waals surface area contributed by atoms with E-state index in [1.54, 1.807) is 13.1 Å². The number of hydrogen-bond acceptors (Lipinski definition) is 7. The summed E-state index contributed by atoms with van der Waals surface area (Å²) >= 11 is 2.84. The Kier molecular flexibility index (Phi) is 7.29. The molecule has 3 heterocycles. The summed E-state index contributed by atoms with van der Waals surface area (Å²) in [5.41, 5.74) is 2.78. The van der Waals surface area contributed by atoms with E-state index in [4.69, 9.17) is 4.74 Å². The second-order valence-corrected chi connectivity index (χ2v) is 9.58. The van der Waals surface area contributed by atoms with Crippen LogP contribution in [0, 0.1) is 0 Å². The highest BCUT2D eigenvalue weighted by Gasteiger charge is 2.29. The fourth-order valence-electron chi connectivity index (χ4n) is 3.72. The Morgan fingerprint density at radius 2 is 2.09 bits per heavy atom.